The fourth-order valence-electron chi connectivity index (χ4n) is 1.79. The van der Waals surface area contributed by atoms with Crippen molar-refractivity contribution in [2.24, 2.45) is 0 Å². The predicted molar refractivity (Wildman–Crippen MR) is 74.8 cm³/mol. The summed E-state index contributed by atoms with van der Waals surface area (Å²) in [6, 6.07) is 16.6. The highest BCUT2D eigenvalue weighted by Crippen LogP contribution is 2.19. The second kappa shape index (κ2) is 5.97. The minimum atomic E-state index is -0.213. The van der Waals surface area contributed by atoms with Crippen LogP contribution in [0.1, 0.15) is 17.0 Å². The molecule has 2 aromatic rings. The molecule has 0 aromatic heterocycles. The largest absolute Gasteiger partial charge is 0.207 e. The lowest BCUT2D eigenvalue weighted by atomic mass is 9.98. The molecule has 1 unspecified atom stereocenters. The molecule has 0 N–H and O–H groups in total. The molecule has 0 heterocycles. The van der Waals surface area contributed by atoms with Gasteiger partial charge in [0.15, 0.2) is 0 Å². The third-order valence-electron chi connectivity index (χ3n) is 2.80. The van der Waals surface area contributed by atoms with Crippen LogP contribution < -0.4 is 0 Å². The lowest BCUT2D eigenvalue weighted by molar-refractivity contribution is 0.628. The van der Waals surface area contributed by atoms with E-state index in [9.17, 15) is 4.39 Å². The van der Waals surface area contributed by atoms with E-state index in [1.165, 1.54) is 17.7 Å². The Morgan fingerprint density at radius 3 is 2.22 bits per heavy atom. The van der Waals surface area contributed by atoms with Crippen LogP contribution in [0.4, 0.5) is 4.39 Å². The molecule has 0 spiro atoms. The van der Waals surface area contributed by atoms with Gasteiger partial charge in [-0.25, -0.2) is 4.39 Å². The van der Waals surface area contributed by atoms with Crippen LogP contribution >= 0.6 is 0 Å². The highest BCUT2D eigenvalue weighted by Gasteiger charge is 2.01. The van der Waals surface area contributed by atoms with Crippen LogP contribution in [0.15, 0.2) is 73.3 Å². The summed E-state index contributed by atoms with van der Waals surface area (Å²) in [7, 11) is 0. The van der Waals surface area contributed by atoms with Crippen LogP contribution in [-0.2, 0) is 0 Å². The molecule has 1 atom stereocenters. The molecule has 0 nitrogen and oxygen atoms in total. The highest BCUT2D eigenvalue weighted by molar-refractivity contribution is 5.51. The zero-order chi connectivity index (χ0) is 12.8. The molecule has 0 aliphatic rings. The molecule has 2 aromatic carbocycles. The van der Waals surface area contributed by atoms with E-state index in [4.69, 9.17) is 0 Å². The highest BCUT2D eigenvalue weighted by atomic mass is 19.1. The number of benzene rings is 2. The lowest BCUT2D eigenvalue weighted by Crippen LogP contribution is -1.89. The van der Waals surface area contributed by atoms with Crippen molar-refractivity contribution in [1.29, 1.82) is 0 Å². The third kappa shape index (κ3) is 3.17. The summed E-state index contributed by atoms with van der Waals surface area (Å²) in [5.74, 6) is -0.0354. The van der Waals surface area contributed by atoms with Crippen LogP contribution in [0, 0.1) is 5.82 Å². The van der Waals surface area contributed by atoms with Crippen LogP contribution in [0.5, 0.6) is 0 Å². The SMILES string of the molecule is C=CC(/C=C/c1ccc(F)cc1)c1ccccc1. The summed E-state index contributed by atoms with van der Waals surface area (Å²) >= 11 is 0. The molecular weight excluding hydrogens is 223 g/mol. The van der Waals surface area contributed by atoms with Gasteiger partial charge in [0.1, 0.15) is 5.82 Å². The van der Waals surface area contributed by atoms with Gasteiger partial charge in [0, 0.05) is 5.92 Å². The molecule has 0 saturated carbocycles. The van der Waals surface area contributed by atoms with E-state index in [1.807, 2.05) is 30.4 Å². The molecule has 0 saturated heterocycles. The van der Waals surface area contributed by atoms with E-state index < -0.39 is 0 Å². The van der Waals surface area contributed by atoms with Crippen molar-refractivity contribution in [3.05, 3.63) is 90.3 Å². The van der Waals surface area contributed by atoms with Gasteiger partial charge in [-0.1, -0.05) is 60.7 Å². The first-order valence-electron chi connectivity index (χ1n) is 5.91. The zero-order valence-corrected chi connectivity index (χ0v) is 10.1. The molecule has 2 rings (SSSR count). The minimum Gasteiger partial charge on any atom is -0.207 e. The summed E-state index contributed by atoms with van der Waals surface area (Å²) in [5, 5.41) is 0. The maximum absolute atomic E-state index is 12.8. The number of hydrogen-bond acceptors (Lipinski definition) is 0. The van der Waals surface area contributed by atoms with E-state index in [2.05, 4.69) is 24.8 Å². The summed E-state index contributed by atoms with van der Waals surface area (Å²) in [6.07, 6.45) is 5.95. The smallest absolute Gasteiger partial charge is 0.123 e. The van der Waals surface area contributed by atoms with Gasteiger partial charge in [-0.2, -0.15) is 0 Å². The fraction of sp³-hybridized carbons (Fsp3) is 0.0588. The van der Waals surface area contributed by atoms with Crippen molar-refractivity contribution in [2.45, 2.75) is 5.92 Å². The van der Waals surface area contributed by atoms with Gasteiger partial charge in [0.25, 0.3) is 0 Å². The average Bonchev–Trinajstić information content (AvgIpc) is 2.43. The zero-order valence-electron chi connectivity index (χ0n) is 10.1. The Morgan fingerprint density at radius 2 is 1.61 bits per heavy atom. The summed E-state index contributed by atoms with van der Waals surface area (Å²) in [4.78, 5) is 0. The molecule has 1 heteroatoms. The van der Waals surface area contributed by atoms with Gasteiger partial charge >= 0.3 is 0 Å². The first-order valence-corrected chi connectivity index (χ1v) is 5.91. The molecular formula is C17H15F. The third-order valence-corrected chi connectivity index (χ3v) is 2.80. The lowest BCUT2D eigenvalue weighted by Gasteiger charge is -2.07. The van der Waals surface area contributed by atoms with E-state index in [1.54, 1.807) is 12.1 Å². The van der Waals surface area contributed by atoms with Gasteiger partial charge in [-0.3, -0.25) is 0 Å². The first kappa shape index (κ1) is 12.3. The monoisotopic (exact) mass is 238 g/mol. The molecule has 0 aliphatic carbocycles. The van der Waals surface area contributed by atoms with E-state index in [0.717, 1.165) is 5.56 Å². The van der Waals surface area contributed by atoms with Crippen LogP contribution in [0.25, 0.3) is 6.08 Å². The number of allylic oxidation sites excluding steroid dienone is 2. The summed E-state index contributed by atoms with van der Waals surface area (Å²) < 4.78 is 12.8. The molecule has 18 heavy (non-hydrogen) atoms. The van der Waals surface area contributed by atoms with Gasteiger partial charge in [0.2, 0.25) is 0 Å². The van der Waals surface area contributed by atoms with Crippen molar-refractivity contribution < 1.29 is 4.39 Å². The van der Waals surface area contributed by atoms with Gasteiger partial charge in [-0.05, 0) is 23.3 Å². The normalized spacial score (nSPS) is 12.5. The van der Waals surface area contributed by atoms with Crippen molar-refractivity contribution in [1.82, 2.24) is 0 Å². The predicted octanol–water partition coefficient (Wildman–Crippen LogP) is 4.81. The van der Waals surface area contributed by atoms with Gasteiger partial charge < -0.3 is 0 Å². The van der Waals surface area contributed by atoms with Crippen LogP contribution in [-0.4, -0.2) is 0 Å². The quantitative estimate of drug-likeness (QED) is 0.670. The summed E-state index contributed by atoms with van der Waals surface area (Å²) in [5.41, 5.74) is 2.19. The van der Waals surface area contributed by atoms with E-state index in [-0.39, 0.29) is 11.7 Å². The second-order valence-corrected chi connectivity index (χ2v) is 4.08. The first-order chi connectivity index (χ1) is 8.79. The Kier molecular flexibility index (Phi) is 4.08. The molecule has 0 bridgehead atoms. The van der Waals surface area contributed by atoms with Gasteiger partial charge in [-0.15, -0.1) is 6.58 Å². The van der Waals surface area contributed by atoms with Crippen LogP contribution in [0.3, 0.4) is 0 Å². The number of halogens is 1. The molecule has 0 radical (unpaired) electrons. The molecule has 0 aliphatic heterocycles. The Balaban J connectivity index is 2.16. The average molecular weight is 238 g/mol. The minimum absolute atomic E-state index is 0.177. The maximum atomic E-state index is 12.8. The van der Waals surface area contributed by atoms with E-state index >= 15 is 0 Å². The molecule has 0 amide bonds. The number of hydrogen-bond donors (Lipinski definition) is 0. The van der Waals surface area contributed by atoms with E-state index in [0.29, 0.717) is 0 Å². The Morgan fingerprint density at radius 1 is 0.944 bits per heavy atom. The van der Waals surface area contributed by atoms with Crippen LogP contribution in [0.2, 0.25) is 0 Å². The Hall–Kier alpha value is -2.15. The summed E-state index contributed by atoms with van der Waals surface area (Å²) in [6.45, 7) is 3.85. The van der Waals surface area contributed by atoms with Crippen molar-refractivity contribution in [3.8, 4) is 0 Å². The Labute approximate surface area is 107 Å². The standard InChI is InChI=1S/C17H15F/c1-2-15(16-6-4-3-5-7-16)11-8-14-9-12-17(18)13-10-14/h2-13,15H,1H2/b11-8+. The number of rotatable bonds is 4. The maximum Gasteiger partial charge on any atom is 0.123 e. The van der Waals surface area contributed by atoms with Crippen molar-refractivity contribution in [2.75, 3.05) is 0 Å². The molecule has 90 valence electrons. The Bertz CT molecular complexity index is 523. The van der Waals surface area contributed by atoms with Gasteiger partial charge in [0.05, 0.1) is 0 Å². The van der Waals surface area contributed by atoms with Crippen molar-refractivity contribution >= 4 is 6.08 Å². The van der Waals surface area contributed by atoms with Crippen molar-refractivity contribution in [3.63, 3.8) is 0 Å². The second-order valence-electron chi connectivity index (χ2n) is 4.08. The molecule has 0 fully saturated rings. The fourth-order valence-corrected chi connectivity index (χ4v) is 1.79. The topological polar surface area (TPSA) is 0 Å².